The lowest BCUT2D eigenvalue weighted by molar-refractivity contribution is 0.0778. The van der Waals surface area contributed by atoms with Crippen LogP contribution in [0.1, 0.15) is 21.0 Å². The van der Waals surface area contributed by atoms with Crippen molar-refractivity contribution in [2.75, 3.05) is 39.3 Å². The second kappa shape index (κ2) is 6.89. The number of thiophene rings is 1. The van der Waals surface area contributed by atoms with Crippen LogP contribution in [0.15, 0.2) is 12.1 Å². The van der Waals surface area contributed by atoms with Gasteiger partial charge in [0.05, 0.1) is 4.88 Å². The van der Waals surface area contributed by atoms with Gasteiger partial charge >= 0.3 is 0 Å². The molecular formula is C14H22ClN3OS. The fraction of sp³-hybridized carbons (Fsp3) is 0.643. The van der Waals surface area contributed by atoms with E-state index in [9.17, 15) is 4.79 Å². The molecule has 0 bridgehead atoms. The van der Waals surface area contributed by atoms with E-state index in [1.165, 1.54) is 4.88 Å². The minimum Gasteiger partial charge on any atom is -0.336 e. The van der Waals surface area contributed by atoms with E-state index in [1.54, 1.807) is 11.3 Å². The van der Waals surface area contributed by atoms with Crippen molar-refractivity contribution in [1.29, 1.82) is 0 Å². The molecule has 1 aromatic rings. The van der Waals surface area contributed by atoms with Gasteiger partial charge < -0.3 is 10.2 Å². The molecule has 2 aliphatic rings. The number of nitrogens with one attached hydrogen (secondary N) is 1. The lowest BCUT2D eigenvalue weighted by atomic mass is 10.2. The van der Waals surface area contributed by atoms with Gasteiger partial charge in [-0.2, -0.15) is 0 Å². The minimum atomic E-state index is 0. The van der Waals surface area contributed by atoms with E-state index < -0.39 is 0 Å². The Labute approximate surface area is 130 Å². The molecule has 20 heavy (non-hydrogen) atoms. The van der Waals surface area contributed by atoms with Crippen LogP contribution in [0.3, 0.4) is 0 Å². The van der Waals surface area contributed by atoms with Crippen molar-refractivity contribution in [3.63, 3.8) is 0 Å². The maximum absolute atomic E-state index is 12.4. The first-order valence-electron chi connectivity index (χ1n) is 7.04. The van der Waals surface area contributed by atoms with Crippen LogP contribution >= 0.6 is 23.7 Å². The first-order valence-corrected chi connectivity index (χ1v) is 7.86. The number of amides is 1. The van der Waals surface area contributed by atoms with Gasteiger partial charge in [0.1, 0.15) is 0 Å². The highest BCUT2D eigenvalue weighted by Crippen LogP contribution is 2.22. The summed E-state index contributed by atoms with van der Waals surface area (Å²) in [7, 11) is 0. The van der Waals surface area contributed by atoms with Crippen LogP contribution in [0.4, 0.5) is 0 Å². The van der Waals surface area contributed by atoms with Crippen LogP contribution < -0.4 is 5.32 Å². The number of halogens is 1. The normalized spacial score (nSPS) is 23.6. The predicted molar refractivity (Wildman–Crippen MR) is 85.1 cm³/mol. The molecular weight excluding hydrogens is 294 g/mol. The van der Waals surface area contributed by atoms with E-state index in [-0.39, 0.29) is 18.3 Å². The van der Waals surface area contributed by atoms with Gasteiger partial charge in [-0.15, -0.1) is 23.7 Å². The molecule has 4 nitrogen and oxygen atoms in total. The number of aryl methyl sites for hydroxylation is 1. The molecule has 0 aromatic carbocycles. The third-order valence-corrected chi connectivity index (χ3v) is 5.06. The lowest BCUT2D eigenvalue weighted by Crippen LogP contribution is -2.49. The molecule has 1 amide bonds. The SMILES string of the molecule is Cc1ccc(C(=O)N2CCC(N3CCNCC3)C2)s1.Cl. The second-order valence-electron chi connectivity index (χ2n) is 5.39. The van der Waals surface area contributed by atoms with Gasteiger partial charge in [-0.3, -0.25) is 9.69 Å². The fourth-order valence-corrected chi connectivity index (χ4v) is 3.81. The molecule has 112 valence electrons. The summed E-state index contributed by atoms with van der Waals surface area (Å²) in [4.78, 5) is 19.0. The van der Waals surface area contributed by atoms with Crippen molar-refractivity contribution in [2.24, 2.45) is 0 Å². The summed E-state index contributed by atoms with van der Waals surface area (Å²) in [5.74, 6) is 0.218. The van der Waals surface area contributed by atoms with Crippen molar-refractivity contribution in [1.82, 2.24) is 15.1 Å². The summed E-state index contributed by atoms with van der Waals surface area (Å²) < 4.78 is 0. The van der Waals surface area contributed by atoms with Crippen molar-refractivity contribution in [2.45, 2.75) is 19.4 Å². The van der Waals surface area contributed by atoms with Crippen LogP contribution in [0.2, 0.25) is 0 Å². The third-order valence-electron chi connectivity index (χ3n) is 4.07. The van der Waals surface area contributed by atoms with Gasteiger partial charge in [0, 0.05) is 50.2 Å². The third kappa shape index (κ3) is 3.34. The van der Waals surface area contributed by atoms with E-state index in [0.29, 0.717) is 6.04 Å². The van der Waals surface area contributed by atoms with Gasteiger partial charge in [0.2, 0.25) is 0 Å². The first-order chi connectivity index (χ1) is 9.24. The maximum Gasteiger partial charge on any atom is 0.263 e. The molecule has 0 spiro atoms. The number of carbonyl (C=O) groups excluding carboxylic acids is 1. The quantitative estimate of drug-likeness (QED) is 0.900. The fourth-order valence-electron chi connectivity index (χ4n) is 2.98. The van der Waals surface area contributed by atoms with Gasteiger partial charge in [-0.1, -0.05) is 0 Å². The highest BCUT2D eigenvalue weighted by molar-refractivity contribution is 7.13. The van der Waals surface area contributed by atoms with Gasteiger partial charge in [-0.05, 0) is 25.5 Å². The van der Waals surface area contributed by atoms with Crippen molar-refractivity contribution >= 4 is 29.7 Å². The Hall–Kier alpha value is -0.620. The number of hydrogen-bond donors (Lipinski definition) is 1. The number of piperazine rings is 1. The van der Waals surface area contributed by atoms with Crippen LogP contribution in [0.5, 0.6) is 0 Å². The molecule has 0 saturated carbocycles. The van der Waals surface area contributed by atoms with E-state index >= 15 is 0 Å². The Bertz CT molecular complexity index is 459. The van der Waals surface area contributed by atoms with Crippen LogP contribution in [-0.2, 0) is 0 Å². The Morgan fingerprint density at radius 1 is 1.30 bits per heavy atom. The summed E-state index contributed by atoms with van der Waals surface area (Å²) in [6.45, 7) is 8.24. The van der Waals surface area contributed by atoms with Gasteiger partial charge in [0.25, 0.3) is 5.91 Å². The van der Waals surface area contributed by atoms with Crippen molar-refractivity contribution in [3.05, 3.63) is 21.9 Å². The average molecular weight is 316 g/mol. The van der Waals surface area contributed by atoms with E-state index in [0.717, 1.165) is 50.6 Å². The average Bonchev–Trinajstić information content (AvgIpc) is 3.08. The minimum absolute atomic E-state index is 0. The maximum atomic E-state index is 12.4. The van der Waals surface area contributed by atoms with Crippen LogP contribution in [-0.4, -0.2) is 61.0 Å². The molecule has 0 radical (unpaired) electrons. The summed E-state index contributed by atoms with van der Waals surface area (Å²) in [6, 6.07) is 4.55. The summed E-state index contributed by atoms with van der Waals surface area (Å²) in [5.41, 5.74) is 0. The highest BCUT2D eigenvalue weighted by atomic mass is 35.5. The molecule has 2 saturated heterocycles. The molecule has 2 aliphatic heterocycles. The second-order valence-corrected chi connectivity index (χ2v) is 6.68. The molecule has 1 aromatic heterocycles. The Balaban J connectivity index is 0.00000147. The van der Waals surface area contributed by atoms with Crippen LogP contribution in [0, 0.1) is 6.92 Å². The van der Waals surface area contributed by atoms with Gasteiger partial charge in [0.15, 0.2) is 0 Å². The number of nitrogens with zero attached hydrogens (tertiary/aromatic N) is 2. The predicted octanol–water partition coefficient (Wildman–Crippen LogP) is 1.60. The smallest absolute Gasteiger partial charge is 0.263 e. The molecule has 3 rings (SSSR count). The monoisotopic (exact) mass is 315 g/mol. The van der Waals surface area contributed by atoms with Crippen molar-refractivity contribution < 1.29 is 4.79 Å². The van der Waals surface area contributed by atoms with Gasteiger partial charge in [-0.25, -0.2) is 0 Å². The Kier molecular flexibility index (Phi) is 5.43. The molecule has 3 heterocycles. The van der Waals surface area contributed by atoms with E-state index in [4.69, 9.17) is 0 Å². The Morgan fingerprint density at radius 2 is 2.05 bits per heavy atom. The number of rotatable bonds is 2. The largest absolute Gasteiger partial charge is 0.336 e. The summed E-state index contributed by atoms with van der Waals surface area (Å²) >= 11 is 1.60. The number of likely N-dealkylation sites (tertiary alicyclic amines) is 1. The number of carbonyl (C=O) groups is 1. The zero-order chi connectivity index (χ0) is 13.2. The molecule has 6 heteroatoms. The molecule has 2 fully saturated rings. The molecule has 0 aliphatic carbocycles. The highest BCUT2D eigenvalue weighted by Gasteiger charge is 2.31. The van der Waals surface area contributed by atoms with Crippen molar-refractivity contribution in [3.8, 4) is 0 Å². The van der Waals surface area contributed by atoms with E-state index in [1.807, 2.05) is 17.0 Å². The summed E-state index contributed by atoms with van der Waals surface area (Å²) in [6.07, 6.45) is 1.12. The first kappa shape index (κ1) is 15.8. The lowest BCUT2D eigenvalue weighted by Gasteiger charge is -2.32. The topological polar surface area (TPSA) is 35.6 Å². The molecule has 1 unspecified atom stereocenters. The molecule has 1 atom stereocenters. The summed E-state index contributed by atoms with van der Waals surface area (Å²) in [5, 5.41) is 3.38. The standard InChI is InChI=1S/C14H21N3OS.ClH/c1-11-2-3-13(19-11)14(18)17-7-4-12(10-17)16-8-5-15-6-9-16;/h2-3,12,15H,4-10H2,1H3;1H. The zero-order valence-electron chi connectivity index (χ0n) is 11.8. The molecule has 1 N–H and O–H groups in total. The number of hydrogen-bond acceptors (Lipinski definition) is 4. The Morgan fingerprint density at radius 3 is 2.70 bits per heavy atom. The van der Waals surface area contributed by atoms with Crippen LogP contribution in [0.25, 0.3) is 0 Å². The zero-order valence-corrected chi connectivity index (χ0v) is 13.4. The van der Waals surface area contributed by atoms with E-state index in [2.05, 4.69) is 17.1 Å².